The number of hydrogen-bond acceptors (Lipinski definition) is 3. The van der Waals surface area contributed by atoms with Crippen molar-refractivity contribution in [2.75, 3.05) is 13.1 Å². The van der Waals surface area contributed by atoms with Gasteiger partial charge in [0.15, 0.2) is 5.60 Å². The second-order valence-corrected chi connectivity index (χ2v) is 5.27. The lowest BCUT2D eigenvalue weighted by Crippen LogP contribution is -2.58. The van der Waals surface area contributed by atoms with E-state index in [1.54, 1.807) is 24.4 Å². The number of hydrogen-bond donors (Lipinski definition) is 1. The Bertz CT molecular complexity index is 493. The van der Waals surface area contributed by atoms with Gasteiger partial charge in [-0.3, -0.25) is 9.78 Å². The number of halogens is 3. The number of piperidine rings is 1. The monoisotopic (exact) mass is 302 g/mol. The summed E-state index contributed by atoms with van der Waals surface area (Å²) >= 11 is 0. The van der Waals surface area contributed by atoms with E-state index in [1.165, 1.54) is 0 Å². The van der Waals surface area contributed by atoms with Gasteiger partial charge in [0.2, 0.25) is 5.91 Å². The van der Waals surface area contributed by atoms with E-state index in [0.717, 1.165) is 4.90 Å². The number of carbonyl (C=O) groups excluding carboxylic acids is 1. The number of rotatable bonds is 3. The van der Waals surface area contributed by atoms with Crippen LogP contribution in [0, 0.1) is 0 Å². The molecule has 1 fully saturated rings. The lowest BCUT2D eigenvalue weighted by Gasteiger charge is -2.40. The summed E-state index contributed by atoms with van der Waals surface area (Å²) in [6, 6.07) is 5.30. The maximum atomic E-state index is 12.8. The Kier molecular flexibility index (Phi) is 4.51. The van der Waals surface area contributed by atoms with Crippen molar-refractivity contribution in [3.05, 3.63) is 30.1 Å². The molecule has 1 aromatic heterocycles. The lowest BCUT2D eigenvalue weighted by molar-refractivity contribution is -0.272. The molecule has 0 aliphatic carbocycles. The predicted octanol–water partition coefficient (Wildman–Crippen LogP) is 1.93. The highest BCUT2D eigenvalue weighted by atomic mass is 19.4. The van der Waals surface area contributed by atoms with Gasteiger partial charge in [-0.05, 0) is 31.4 Å². The highest BCUT2D eigenvalue weighted by molar-refractivity contribution is 5.76. The second kappa shape index (κ2) is 6.01. The smallest absolute Gasteiger partial charge is 0.379 e. The van der Waals surface area contributed by atoms with E-state index in [2.05, 4.69) is 4.98 Å². The fourth-order valence-electron chi connectivity index (χ4n) is 2.42. The number of β-amino-alcohol motifs (C(OH)–C–C–N with tert-alkyl or cyclic N) is 1. The lowest BCUT2D eigenvalue weighted by atomic mass is 9.92. The number of nitrogens with zero attached hydrogens (tertiary/aromatic N) is 2. The number of alkyl halides is 3. The van der Waals surface area contributed by atoms with Crippen molar-refractivity contribution in [3.8, 4) is 0 Å². The van der Waals surface area contributed by atoms with Crippen molar-refractivity contribution >= 4 is 5.91 Å². The van der Waals surface area contributed by atoms with Crippen LogP contribution in [0.25, 0.3) is 0 Å². The summed E-state index contributed by atoms with van der Waals surface area (Å²) < 4.78 is 38.4. The van der Waals surface area contributed by atoms with E-state index in [4.69, 9.17) is 0 Å². The molecule has 1 N–H and O–H groups in total. The Morgan fingerprint density at radius 2 is 2.19 bits per heavy atom. The molecular weight excluding hydrogens is 285 g/mol. The van der Waals surface area contributed by atoms with Gasteiger partial charge in [0.25, 0.3) is 0 Å². The Morgan fingerprint density at radius 1 is 1.43 bits per heavy atom. The van der Waals surface area contributed by atoms with Crippen molar-refractivity contribution in [1.82, 2.24) is 9.88 Å². The van der Waals surface area contributed by atoms with Crippen LogP contribution < -0.4 is 0 Å². The van der Waals surface area contributed by atoms with Gasteiger partial charge in [-0.15, -0.1) is 0 Å². The van der Waals surface area contributed by atoms with Crippen molar-refractivity contribution < 1.29 is 23.1 Å². The zero-order valence-electron chi connectivity index (χ0n) is 11.4. The van der Waals surface area contributed by atoms with Gasteiger partial charge in [-0.25, -0.2) is 0 Å². The fourth-order valence-corrected chi connectivity index (χ4v) is 2.42. The Morgan fingerprint density at radius 3 is 2.81 bits per heavy atom. The molecule has 1 aliphatic rings. The summed E-state index contributed by atoms with van der Waals surface area (Å²) in [5.74, 6) is -0.386. The second-order valence-electron chi connectivity index (χ2n) is 5.27. The molecule has 1 amide bonds. The van der Waals surface area contributed by atoms with Crippen LogP contribution in [0.4, 0.5) is 13.2 Å². The van der Waals surface area contributed by atoms with Crippen LogP contribution in [0.2, 0.25) is 0 Å². The maximum Gasteiger partial charge on any atom is 0.418 e. The van der Waals surface area contributed by atoms with Crippen LogP contribution in [0.5, 0.6) is 0 Å². The van der Waals surface area contributed by atoms with E-state index in [1.807, 2.05) is 0 Å². The quantitative estimate of drug-likeness (QED) is 0.928. The van der Waals surface area contributed by atoms with Crippen molar-refractivity contribution in [2.24, 2.45) is 0 Å². The number of pyridine rings is 1. The molecule has 1 atom stereocenters. The van der Waals surface area contributed by atoms with Crippen molar-refractivity contribution in [3.63, 3.8) is 0 Å². The molecule has 1 saturated heterocycles. The minimum absolute atomic E-state index is 0.0882. The van der Waals surface area contributed by atoms with Crippen LogP contribution in [0.15, 0.2) is 24.4 Å². The Labute approximate surface area is 120 Å². The first-order valence-electron chi connectivity index (χ1n) is 6.79. The van der Waals surface area contributed by atoms with Gasteiger partial charge in [0.05, 0.1) is 6.54 Å². The number of amides is 1. The topological polar surface area (TPSA) is 53.4 Å². The van der Waals surface area contributed by atoms with Gasteiger partial charge in [0.1, 0.15) is 0 Å². The summed E-state index contributed by atoms with van der Waals surface area (Å²) in [6.07, 6.45) is -2.87. The summed E-state index contributed by atoms with van der Waals surface area (Å²) in [4.78, 5) is 17.2. The molecule has 116 valence electrons. The van der Waals surface area contributed by atoms with Crippen LogP contribution in [-0.2, 0) is 11.2 Å². The molecule has 7 heteroatoms. The molecule has 1 unspecified atom stereocenters. The molecule has 4 nitrogen and oxygen atoms in total. The van der Waals surface area contributed by atoms with Gasteiger partial charge < -0.3 is 10.0 Å². The van der Waals surface area contributed by atoms with E-state index < -0.39 is 18.3 Å². The van der Waals surface area contributed by atoms with Crippen LogP contribution in [0.3, 0.4) is 0 Å². The largest absolute Gasteiger partial charge is 0.418 e. The molecule has 1 aliphatic heterocycles. The fraction of sp³-hybridized carbons (Fsp3) is 0.571. The molecule has 2 heterocycles. The predicted molar refractivity (Wildman–Crippen MR) is 69.4 cm³/mol. The third-order valence-corrected chi connectivity index (χ3v) is 3.67. The van der Waals surface area contributed by atoms with E-state index in [9.17, 15) is 23.1 Å². The summed E-state index contributed by atoms with van der Waals surface area (Å²) in [7, 11) is 0. The van der Waals surface area contributed by atoms with E-state index in [0.29, 0.717) is 12.1 Å². The average Bonchev–Trinajstić information content (AvgIpc) is 2.45. The minimum Gasteiger partial charge on any atom is -0.379 e. The number of aryl methyl sites for hydroxylation is 1. The zero-order chi connectivity index (χ0) is 15.5. The molecule has 0 bridgehead atoms. The van der Waals surface area contributed by atoms with Gasteiger partial charge in [0, 0.05) is 24.9 Å². The van der Waals surface area contributed by atoms with Gasteiger partial charge in [-0.1, -0.05) is 6.07 Å². The normalized spacial score (nSPS) is 23.1. The van der Waals surface area contributed by atoms with Gasteiger partial charge in [-0.2, -0.15) is 13.2 Å². The van der Waals surface area contributed by atoms with Crippen LogP contribution >= 0.6 is 0 Å². The summed E-state index contributed by atoms with van der Waals surface area (Å²) in [5, 5.41) is 9.68. The third-order valence-electron chi connectivity index (χ3n) is 3.67. The third kappa shape index (κ3) is 3.72. The average molecular weight is 302 g/mol. The number of aromatic nitrogens is 1. The Balaban J connectivity index is 1.94. The standard InChI is InChI=1S/C14H17F3N2O2/c15-14(16,17)13(21)7-3-9-19(10-13)12(20)6-5-11-4-1-2-8-18-11/h1-2,4,8,21H,3,5-7,9-10H2. The number of carbonyl (C=O) groups is 1. The minimum atomic E-state index is -4.72. The van der Waals surface area contributed by atoms with Crippen LogP contribution in [-0.4, -0.2) is 45.8 Å². The molecular formula is C14H17F3N2O2. The van der Waals surface area contributed by atoms with Gasteiger partial charge >= 0.3 is 6.18 Å². The number of likely N-dealkylation sites (tertiary alicyclic amines) is 1. The molecule has 21 heavy (non-hydrogen) atoms. The first-order chi connectivity index (χ1) is 9.82. The summed E-state index contributed by atoms with van der Waals surface area (Å²) in [6.45, 7) is -0.434. The first kappa shape index (κ1) is 15.8. The highest BCUT2D eigenvalue weighted by Crippen LogP contribution is 2.37. The van der Waals surface area contributed by atoms with Crippen LogP contribution in [0.1, 0.15) is 25.0 Å². The maximum absolute atomic E-state index is 12.8. The molecule has 0 saturated carbocycles. The number of aliphatic hydroxyl groups is 1. The SMILES string of the molecule is O=C(CCc1ccccn1)N1CCCC(O)(C(F)(F)F)C1. The first-order valence-corrected chi connectivity index (χ1v) is 6.79. The summed E-state index contributed by atoms with van der Waals surface area (Å²) in [5.41, 5.74) is -2.07. The molecule has 2 rings (SSSR count). The molecule has 0 aromatic carbocycles. The molecule has 0 spiro atoms. The van der Waals surface area contributed by atoms with E-state index in [-0.39, 0.29) is 31.7 Å². The highest BCUT2D eigenvalue weighted by Gasteiger charge is 2.55. The molecule has 1 aromatic rings. The van der Waals surface area contributed by atoms with E-state index >= 15 is 0 Å². The van der Waals surface area contributed by atoms with Crippen molar-refractivity contribution in [2.45, 2.75) is 37.5 Å². The Hall–Kier alpha value is -1.63. The molecule has 0 radical (unpaired) electrons. The zero-order valence-corrected chi connectivity index (χ0v) is 11.4. The van der Waals surface area contributed by atoms with Crippen molar-refractivity contribution in [1.29, 1.82) is 0 Å².